The molecule has 1 N–H and O–H groups in total. The molecule has 0 atom stereocenters. The molecule has 0 unspecified atom stereocenters. The van der Waals surface area contributed by atoms with Gasteiger partial charge >= 0.3 is 0 Å². The van der Waals surface area contributed by atoms with Crippen LogP contribution in [0.1, 0.15) is 5.56 Å². The summed E-state index contributed by atoms with van der Waals surface area (Å²) < 4.78 is 27.8. The summed E-state index contributed by atoms with van der Waals surface area (Å²) >= 11 is 7.55. The quantitative estimate of drug-likeness (QED) is 0.371. The standard InChI is InChI=1S/C22H22ClN3O3S2/c1-17-15-18(23)10-11-20(17)26(31(28,29)19-7-3-2-4-8-19)16-21(27)24-13-14-30-22-9-5-6-12-25-22/h2-12,15H,13-14,16H2,1H3,(H,24,27). The first-order valence-corrected chi connectivity index (χ1v) is 12.3. The molecule has 162 valence electrons. The Morgan fingerprint density at radius 1 is 1.10 bits per heavy atom. The molecular weight excluding hydrogens is 454 g/mol. The molecule has 0 fully saturated rings. The summed E-state index contributed by atoms with van der Waals surface area (Å²) in [5, 5.41) is 4.15. The number of halogens is 1. The van der Waals surface area contributed by atoms with Crippen LogP contribution in [0.4, 0.5) is 5.69 Å². The molecule has 0 saturated carbocycles. The van der Waals surface area contributed by atoms with E-state index in [1.54, 1.807) is 49.5 Å². The van der Waals surface area contributed by atoms with Crippen LogP contribution in [0.3, 0.4) is 0 Å². The van der Waals surface area contributed by atoms with Crippen molar-refractivity contribution in [2.45, 2.75) is 16.8 Å². The highest BCUT2D eigenvalue weighted by molar-refractivity contribution is 7.99. The van der Waals surface area contributed by atoms with Crippen molar-refractivity contribution in [2.75, 3.05) is 23.1 Å². The van der Waals surface area contributed by atoms with Gasteiger partial charge in [-0.1, -0.05) is 35.9 Å². The smallest absolute Gasteiger partial charge is 0.264 e. The van der Waals surface area contributed by atoms with Gasteiger partial charge in [0.2, 0.25) is 5.91 Å². The second kappa shape index (κ2) is 10.7. The Hall–Kier alpha value is -2.55. The lowest BCUT2D eigenvalue weighted by molar-refractivity contribution is -0.119. The van der Waals surface area contributed by atoms with E-state index in [0.717, 1.165) is 9.33 Å². The molecule has 1 aromatic heterocycles. The van der Waals surface area contributed by atoms with Crippen LogP contribution < -0.4 is 9.62 Å². The van der Waals surface area contributed by atoms with Crippen molar-refractivity contribution in [3.8, 4) is 0 Å². The number of carbonyl (C=O) groups excluding carboxylic acids is 1. The number of rotatable bonds is 9. The number of carbonyl (C=O) groups is 1. The number of anilines is 1. The number of thioether (sulfide) groups is 1. The van der Waals surface area contributed by atoms with Crippen molar-refractivity contribution in [2.24, 2.45) is 0 Å². The highest BCUT2D eigenvalue weighted by Gasteiger charge is 2.28. The lowest BCUT2D eigenvalue weighted by Crippen LogP contribution is -2.41. The van der Waals surface area contributed by atoms with Crippen LogP contribution in [0, 0.1) is 6.92 Å². The summed E-state index contributed by atoms with van der Waals surface area (Å²) in [7, 11) is -3.94. The molecule has 0 saturated heterocycles. The third-order valence-corrected chi connectivity index (χ3v) is 7.31. The minimum absolute atomic E-state index is 0.114. The van der Waals surface area contributed by atoms with Crippen LogP contribution in [-0.4, -0.2) is 38.2 Å². The highest BCUT2D eigenvalue weighted by Crippen LogP contribution is 2.28. The molecule has 2 aromatic carbocycles. The summed E-state index contributed by atoms with van der Waals surface area (Å²) in [4.78, 5) is 17.0. The number of amides is 1. The van der Waals surface area contributed by atoms with Gasteiger partial charge in [0.25, 0.3) is 10.0 Å². The molecule has 1 heterocycles. The third-order valence-electron chi connectivity index (χ3n) is 4.36. The largest absolute Gasteiger partial charge is 0.354 e. The van der Waals surface area contributed by atoms with E-state index in [1.807, 2.05) is 18.2 Å². The predicted octanol–water partition coefficient (Wildman–Crippen LogP) is 4.15. The summed E-state index contributed by atoms with van der Waals surface area (Å²) in [6.45, 7) is 1.81. The molecule has 0 aliphatic heterocycles. The van der Waals surface area contributed by atoms with Gasteiger partial charge in [-0.3, -0.25) is 9.10 Å². The second-order valence-electron chi connectivity index (χ2n) is 6.62. The van der Waals surface area contributed by atoms with Crippen LogP contribution in [0.25, 0.3) is 0 Å². The van der Waals surface area contributed by atoms with E-state index in [9.17, 15) is 13.2 Å². The van der Waals surface area contributed by atoms with Crippen molar-refractivity contribution in [1.29, 1.82) is 0 Å². The number of pyridine rings is 1. The molecule has 1 amide bonds. The maximum absolute atomic E-state index is 13.3. The fourth-order valence-electron chi connectivity index (χ4n) is 2.88. The SMILES string of the molecule is Cc1cc(Cl)ccc1N(CC(=O)NCCSc1ccccn1)S(=O)(=O)c1ccccc1. The fraction of sp³-hybridized carbons (Fsp3) is 0.182. The minimum atomic E-state index is -3.94. The van der Waals surface area contributed by atoms with E-state index in [-0.39, 0.29) is 11.4 Å². The van der Waals surface area contributed by atoms with Crippen LogP contribution >= 0.6 is 23.4 Å². The van der Waals surface area contributed by atoms with Crippen LogP contribution in [0.15, 0.2) is 82.8 Å². The average Bonchev–Trinajstić information content (AvgIpc) is 2.77. The number of hydrogen-bond donors (Lipinski definition) is 1. The maximum atomic E-state index is 13.3. The molecule has 6 nitrogen and oxygen atoms in total. The molecule has 3 aromatic rings. The summed E-state index contributed by atoms with van der Waals surface area (Å²) in [5.74, 6) is 0.226. The zero-order valence-electron chi connectivity index (χ0n) is 16.9. The van der Waals surface area contributed by atoms with E-state index in [4.69, 9.17) is 11.6 Å². The number of benzene rings is 2. The van der Waals surface area contributed by atoms with Crippen molar-refractivity contribution >= 4 is 45.0 Å². The Balaban J connectivity index is 1.74. The molecular formula is C22H22ClN3O3S2. The van der Waals surface area contributed by atoms with Gasteiger partial charge in [-0.25, -0.2) is 13.4 Å². The van der Waals surface area contributed by atoms with E-state index in [0.29, 0.717) is 28.6 Å². The van der Waals surface area contributed by atoms with Crippen LogP contribution in [-0.2, 0) is 14.8 Å². The van der Waals surface area contributed by atoms with Crippen LogP contribution in [0.2, 0.25) is 5.02 Å². The highest BCUT2D eigenvalue weighted by atomic mass is 35.5. The molecule has 31 heavy (non-hydrogen) atoms. The number of nitrogens with zero attached hydrogens (tertiary/aromatic N) is 2. The van der Waals surface area contributed by atoms with Crippen LogP contribution in [0.5, 0.6) is 0 Å². The molecule has 0 aliphatic carbocycles. The predicted molar refractivity (Wildman–Crippen MR) is 125 cm³/mol. The van der Waals surface area contributed by atoms with E-state index < -0.39 is 15.9 Å². The first-order valence-electron chi connectivity index (χ1n) is 9.52. The zero-order chi connectivity index (χ0) is 22.3. The fourth-order valence-corrected chi connectivity index (χ4v) is 5.34. The van der Waals surface area contributed by atoms with E-state index in [2.05, 4.69) is 10.3 Å². The number of sulfonamides is 1. The molecule has 0 radical (unpaired) electrons. The number of aromatic nitrogens is 1. The first kappa shape index (κ1) is 23.1. The molecule has 9 heteroatoms. The van der Waals surface area contributed by atoms with E-state index in [1.165, 1.54) is 23.9 Å². The van der Waals surface area contributed by atoms with Gasteiger partial charge in [-0.2, -0.15) is 0 Å². The average molecular weight is 476 g/mol. The molecule has 0 bridgehead atoms. The van der Waals surface area contributed by atoms with Gasteiger partial charge in [0, 0.05) is 23.5 Å². The number of aryl methyl sites for hydroxylation is 1. The Morgan fingerprint density at radius 3 is 2.52 bits per heavy atom. The summed E-state index contributed by atoms with van der Waals surface area (Å²) in [5.41, 5.74) is 1.07. The van der Waals surface area contributed by atoms with Gasteiger partial charge in [0.15, 0.2) is 0 Å². The Bertz CT molecular complexity index is 1130. The molecule has 0 aliphatic rings. The normalized spacial score (nSPS) is 11.2. The van der Waals surface area contributed by atoms with Gasteiger partial charge in [0.05, 0.1) is 15.6 Å². The van der Waals surface area contributed by atoms with Gasteiger partial charge in [-0.15, -0.1) is 11.8 Å². The number of hydrogen-bond acceptors (Lipinski definition) is 5. The van der Waals surface area contributed by atoms with Crippen molar-refractivity contribution in [3.05, 3.63) is 83.5 Å². The number of nitrogens with one attached hydrogen (secondary N) is 1. The van der Waals surface area contributed by atoms with Crippen molar-refractivity contribution < 1.29 is 13.2 Å². The Morgan fingerprint density at radius 2 is 1.84 bits per heavy atom. The van der Waals surface area contributed by atoms with Crippen molar-refractivity contribution in [1.82, 2.24) is 10.3 Å². The van der Waals surface area contributed by atoms with Gasteiger partial charge < -0.3 is 5.32 Å². The maximum Gasteiger partial charge on any atom is 0.264 e. The first-order chi connectivity index (χ1) is 14.9. The Labute approximate surface area is 191 Å². The summed E-state index contributed by atoms with van der Waals surface area (Å²) in [6, 6.07) is 18.6. The topological polar surface area (TPSA) is 79.4 Å². The zero-order valence-corrected chi connectivity index (χ0v) is 19.3. The Kier molecular flexibility index (Phi) is 7.95. The van der Waals surface area contributed by atoms with E-state index >= 15 is 0 Å². The lowest BCUT2D eigenvalue weighted by Gasteiger charge is -2.25. The lowest BCUT2D eigenvalue weighted by atomic mass is 10.2. The van der Waals surface area contributed by atoms with Crippen molar-refractivity contribution in [3.63, 3.8) is 0 Å². The second-order valence-corrected chi connectivity index (χ2v) is 10.0. The van der Waals surface area contributed by atoms with Gasteiger partial charge in [0.1, 0.15) is 6.54 Å². The third kappa shape index (κ3) is 6.22. The monoisotopic (exact) mass is 475 g/mol. The summed E-state index contributed by atoms with van der Waals surface area (Å²) in [6.07, 6.45) is 1.71. The van der Waals surface area contributed by atoms with Gasteiger partial charge in [-0.05, 0) is 55.0 Å². The molecule has 0 spiro atoms. The molecule has 3 rings (SSSR count). The minimum Gasteiger partial charge on any atom is -0.354 e.